The lowest BCUT2D eigenvalue weighted by Crippen LogP contribution is -2.22. The Hall–Kier alpha value is -2.90. The highest BCUT2D eigenvalue weighted by Crippen LogP contribution is 2.38. The average Bonchev–Trinajstić information content (AvgIpc) is 3.46. The van der Waals surface area contributed by atoms with Crippen LogP contribution in [0.15, 0.2) is 46.5 Å². The molecule has 4 aromatic rings. The molecule has 3 heterocycles. The van der Waals surface area contributed by atoms with Crippen LogP contribution in [-0.2, 0) is 25.9 Å². The van der Waals surface area contributed by atoms with Gasteiger partial charge in [-0.3, -0.25) is 9.48 Å². The molecule has 1 aliphatic rings. The number of thiazole rings is 1. The standard InChI is InChI=1S/C22H19ClN4O2S/c1-13-19-17(29-21(13)22(28)25-10-18-24-8-9-30-18)7-4-15-12-27(26-20(15)19)11-14-2-5-16(23)6-3-14/h2-3,5-6,8-9,12H,4,7,10-11H2,1H3,(H,25,28). The van der Waals surface area contributed by atoms with Crippen LogP contribution in [0.25, 0.3) is 11.3 Å². The van der Waals surface area contributed by atoms with Gasteiger partial charge in [-0.2, -0.15) is 5.10 Å². The summed E-state index contributed by atoms with van der Waals surface area (Å²) < 4.78 is 7.92. The van der Waals surface area contributed by atoms with Crippen molar-refractivity contribution < 1.29 is 9.21 Å². The Kier molecular flexibility index (Phi) is 4.92. The molecule has 0 aliphatic heterocycles. The van der Waals surface area contributed by atoms with E-state index in [1.165, 1.54) is 16.9 Å². The maximum Gasteiger partial charge on any atom is 0.287 e. The Balaban J connectivity index is 1.40. The van der Waals surface area contributed by atoms with E-state index in [0.29, 0.717) is 18.8 Å². The first-order valence-corrected chi connectivity index (χ1v) is 10.9. The predicted molar refractivity (Wildman–Crippen MR) is 116 cm³/mol. The number of benzene rings is 1. The third-order valence-corrected chi connectivity index (χ3v) is 6.29. The highest BCUT2D eigenvalue weighted by Gasteiger charge is 2.29. The van der Waals surface area contributed by atoms with E-state index in [-0.39, 0.29) is 5.91 Å². The van der Waals surface area contributed by atoms with Gasteiger partial charge >= 0.3 is 0 Å². The highest BCUT2D eigenvalue weighted by atomic mass is 35.5. The monoisotopic (exact) mass is 438 g/mol. The Morgan fingerprint density at radius 2 is 2.13 bits per heavy atom. The lowest BCUT2D eigenvalue weighted by Gasteiger charge is -2.09. The summed E-state index contributed by atoms with van der Waals surface area (Å²) in [6.07, 6.45) is 5.41. The first-order chi connectivity index (χ1) is 14.6. The van der Waals surface area contributed by atoms with E-state index in [4.69, 9.17) is 21.1 Å². The van der Waals surface area contributed by atoms with Crippen molar-refractivity contribution in [2.45, 2.75) is 32.9 Å². The zero-order valence-corrected chi connectivity index (χ0v) is 17.9. The fraction of sp³-hybridized carbons (Fsp3) is 0.227. The molecule has 0 radical (unpaired) electrons. The summed E-state index contributed by atoms with van der Waals surface area (Å²) in [5.74, 6) is 0.965. The molecule has 30 heavy (non-hydrogen) atoms. The molecule has 152 valence electrons. The van der Waals surface area contributed by atoms with E-state index in [9.17, 15) is 4.79 Å². The summed E-state index contributed by atoms with van der Waals surface area (Å²) >= 11 is 7.49. The minimum Gasteiger partial charge on any atom is -0.455 e. The van der Waals surface area contributed by atoms with Gasteiger partial charge in [-0.05, 0) is 36.6 Å². The van der Waals surface area contributed by atoms with E-state index in [1.807, 2.05) is 41.3 Å². The van der Waals surface area contributed by atoms with Crippen molar-refractivity contribution in [1.82, 2.24) is 20.1 Å². The Morgan fingerprint density at radius 1 is 1.30 bits per heavy atom. The number of hydrogen-bond acceptors (Lipinski definition) is 5. The number of furan rings is 1. The van der Waals surface area contributed by atoms with Crippen LogP contribution in [0, 0.1) is 6.92 Å². The van der Waals surface area contributed by atoms with Gasteiger partial charge in [-0.15, -0.1) is 11.3 Å². The minimum atomic E-state index is -0.223. The second-order valence-corrected chi connectivity index (χ2v) is 8.71. The van der Waals surface area contributed by atoms with Crippen molar-refractivity contribution in [3.8, 4) is 11.3 Å². The largest absolute Gasteiger partial charge is 0.455 e. The van der Waals surface area contributed by atoms with Gasteiger partial charge in [0.1, 0.15) is 10.8 Å². The number of rotatable bonds is 5. The number of aryl methyl sites for hydroxylation is 2. The lowest BCUT2D eigenvalue weighted by molar-refractivity contribution is 0.0920. The summed E-state index contributed by atoms with van der Waals surface area (Å²) in [7, 11) is 0. The molecule has 0 fully saturated rings. The van der Waals surface area contributed by atoms with Gasteiger partial charge in [-0.25, -0.2) is 4.98 Å². The first-order valence-electron chi connectivity index (χ1n) is 9.68. The van der Waals surface area contributed by atoms with Gasteiger partial charge in [0.15, 0.2) is 5.76 Å². The van der Waals surface area contributed by atoms with E-state index in [0.717, 1.165) is 51.0 Å². The molecule has 8 heteroatoms. The van der Waals surface area contributed by atoms with E-state index in [2.05, 4.69) is 16.5 Å². The van der Waals surface area contributed by atoms with E-state index in [1.54, 1.807) is 6.20 Å². The molecule has 0 saturated heterocycles. The summed E-state index contributed by atoms with van der Waals surface area (Å²) in [5.41, 5.74) is 5.00. The van der Waals surface area contributed by atoms with Gasteiger partial charge in [-0.1, -0.05) is 23.7 Å². The van der Waals surface area contributed by atoms with Crippen LogP contribution in [-0.4, -0.2) is 20.7 Å². The molecule has 1 aromatic carbocycles. The molecule has 0 unspecified atom stereocenters. The van der Waals surface area contributed by atoms with Gasteiger partial charge < -0.3 is 9.73 Å². The number of nitrogens with zero attached hydrogens (tertiary/aromatic N) is 3. The van der Waals surface area contributed by atoms with Gasteiger partial charge in [0.25, 0.3) is 5.91 Å². The number of nitrogens with one attached hydrogen (secondary N) is 1. The molecule has 6 nitrogen and oxygen atoms in total. The molecule has 1 aliphatic carbocycles. The normalized spacial score (nSPS) is 12.5. The number of carbonyl (C=O) groups excluding carboxylic acids is 1. The van der Waals surface area contributed by atoms with Crippen LogP contribution in [0.2, 0.25) is 5.02 Å². The van der Waals surface area contributed by atoms with Gasteiger partial charge in [0.2, 0.25) is 0 Å². The van der Waals surface area contributed by atoms with E-state index >= 15 is 0 Å². The maximum atomic E-state index is 12.7. The molecule has 0 saturated carbocycles. The summed E-state index contributed by atoms with van der Waals surface area (Å²) in [6, 6.07) is 7.77. The SMILES string of the molecule is Cc1c(C(=O)NCc2nccs2)oc2c1-c1nn(Cc3ccc(Cl)cc3)cc1CC2. The maximum absolute atomic E-state index is 12.7. The second kappa shape index (κ2) is 7.74. The molecule has 0 spiro atoms. The zero-order valence-electron chi connectivity index (χ0n) is 16.3. The quantitative estimate of drug-likeness (QED) is 0.492. The zero-order chi connectivity index (χ0) is 20.7. The fourth-order valence-corrected chi connectivity index (χ4v) is 4.50. The number of hydrogen-bond donors (Lipinski definition) is 1. The van der Waals surface area contributed by atoms with Crippen LogP contribution >= 0.6 is 22.9 Å². The van der Waals surface area contributed by atoms with Gasteiger partial charge in [0, 0.05) is 40.3 Å². The number of fused-ring (bicyclic) bond motifs is 3. The topological polar surface area (TPSA) is 73.0 Å². The summed E-state index contributed by atoms with van der Waals surface area (Å²) in [5, 5.41) is 11.2. The lowest BCUT2D eigenvalue weighted by atomic mass is 9.93. The third kappa shape index (κ3) is 3.55. The predicted octanol–water partition coefficient (Wildman–Crippen LogP) is 4.64. The van der Waals surface area contributed by atoms with Crippen LogP contribution in [0.4, 0.5) is 0 Å². The molecule has 1 N–H and O–H groups in total. The molecule has 3 aromatic heterocycles. The molecule has 1 amide bonds. The molecule has 5 rings (SSSR count). The molecular weight excluding hydrogens is 420 g/mol. The smallest absolute Gasteiger partial charge is 0.287 e. The summed E-state index contributed by atoms with van der Waals surface area (Å²) in [6.45, 7) is 2.98. The van der Waals surface area contributed by atoms with E-state index < -0.39 is 0 Å². The highest BCUT2D eigenvalue weighted by molar-refractivity contribution is 7.09. The molecule has 0 atom stereocenters. The number of carbonyl (C=O) groups is 1. The van der Waals surface area contributed by atoms with Crippen LogP contribution in [0.1, 0.15) is 38.0 Å². The van der Waals surface area contributed by atoms with Crippen LogP contribution < -0.4 is 5.32 Å². The Morgan fingerprint density at radius 3 is 2.90 bits per heavy atom. The number of aromatic nitrogens is 3. The van der Waals surface area contributed by atoms with Crippen molar-refractivity contribution in [1.29, 1.82) is 0 Å². The number of amides is 1. The molecule has 0 bridgehead atoms. The second-order valence-electron chi connectivity index (χ2n) is 7.29. The molecular formula is C22H19ClN4O2S. The van der Waals surface area contributed by atoms with Crippen molar-refractivity contribution in [2.75, 3.05) is 0 Å². The average molecular weight is 439 g/mol. The van der Waals surface area contributed by atoms with Crippen molar-refractivity contribution in [3.05, 3.63) is 80.3 Å². The summed E-state index contributed by atoms with van der Waals surface area (Å²) in [4.78, 5) is 16.9. The van der Waals surface area contributed by atoms with Crippen molar-refractivity contribution >= 4 is 28.8 Å². The van der Waals surface area contributed by atoms with Crippen LogP contribution in [0.3, 0.4) is 0 Å². The minimum absolute atomic E-state index is 0.223. The first kappa shape index (κ1) is 19.1. The Bertz CT molecular complexity index is 1210. The van der Waals surface area contributed by atoms with Crippen molar-refractivity contribution in [2.24, 2.45) is 0 Å². The van der Waals surface area contributed by atoms with Crippen LogP contribution in [0.5, 0.6) is 0 Å². The fourth-order valence-electron chi connectivity index (χ4n) is 3.81. The number of halogens is 1. The third-order valence-electron chi connectivity index (χ3n) is 5.26. The van der Waals surface area contributed by atoms with Crippen molar-refractivity contribution in [3.63, 3.8) is 0 Å². The van der Waals surface area contributed by atoms with Gasteiger partial charge in [0.05, 0.1) is 18.8 Å². The Labute approximate surface area is 182 Å².